The number of aliphatic carboxylic acids is 1. The van der Waals surface area contributed by atoms with E-state index >= 15 is 0 Å². The lowest BCUT2D eigenvalue weighted by atomic mass is 10.0. The lowest BCUT2D eigenvalue weighted by Gasteiger charge is -2.26. The van der Waals surface area contributed by atoms with Gasteiger partial charge in [-0.3, -0.25) is 9.79 Å². The minimum absolute atomic E-state index is 0.0163. The third-order valence-corrected chi connectivity index (χ3v) is 6.33. The van der Waals surface area contributed by atoms with Crippen molar-refractivity contribution in [2.45, 2.75) is 135 Å². The van der Waals surface area contributed by atoms with Gasteiger partial charge in [-0.1, -0.05) is 103 Å². The van der Waals surface area contributed by atoms with Gasteiger partial charge < -0.3 is 21.7 Å². The molecule has 0 rings (SSSR count). The van der Waals surface area contributed by atoms with Crippen LogP contribution in [0, 0.1) is 0 Å². The third kappa shape index (κ3) is 23.0. The quantitative estimate of drug-likeness (QED) is 0.0360. The zero-order valence-electron chi connectivity index (χ0n) is 23.0. The number of aliphatic hydroxyl groups excluding tert-OH is 1. The molecule has 0 heterocycles. The Morgan fingerprint density at radius 2 is 1.31 bits per heavy atom. The zero-order chi connectivity index (χ0) is 26.7. The molecule has 0 aliphatic carbocycles. The molecule has 0 aliphatic heterocycles. The second-order valence-electron chi connectivity index (χ2n) is 9.72. The second-order valence-corrected chi connectivity index (χ2v) is 9.72. The molecule has 0 amide bonds. The molecular weight excluding hydrogens is 460 g/mol. The first-order valence-corrected chi connectivity index (χ1v) is 14.5. The Balaban J connectivity index is 3.78. The molecule has 9 nitrogen and oxygen atoms in total. The number of aliphatic imine (C=N–C) groups is 1. The van der Waals surface area contributed by atoms with Crippen molar-refractivity contribution in [1.29, 1.82) is 0 Å². The minimum atomic E-state index is -1.01. The number of nitrogens with two attached hydrogens (primary N) is 2. The van der Waals surface area contributed by atoms with E-state index in [2.05, 4.69) is 11.9 Å². The molecule has 0 saturated carbocycles. The van der Waals surface area contributed by atoms with Crippen LogP contribution in [0.4, 0.5) is 0 Å². The van der Waals surface area contributed by atoms with Crippen LogP contribution in [0.1, 0.15) is 129 Å². The van der Waals surface area contributed by atoms with Crippen molar-refractivity contribution in [3.05, 3.63) is 0 Å². The van der Waals surface area contributed by atoms with Gasteiger partial charge in [0.05, 0.1) is 6.61 Å². The van der Waals surface area contributed by atoms with Crippen molar-refractivity contribution < 1.29 is 24.9 Å². The summed E-state index contributed by atoms with van der Waals surface area (Å²) in [4.78, 5) is 26.2. The predicted octanol–water partition coefficient (Wildman–Crippen LogP) is 5.30. The number of guanidine groups is 1. The monoisotopic (exact) mass is 516 g/mol. The fourth-order valence-electron chi connectivity index (χ4n) is 4.17. The van der Waals surface area contributed by atoms with E-state index in [0.29, 0.717) is 32.4 Å². The first-order valence-electron chi connectivity index (χ1n) is 14.5. The number of hydrogen-bond acceptors (Lipinski definition) is 6. The van der Waals surface area contributed by atoms with Crippen LogP contribution in [0.3, 0.4) is 0 Å². The van der Waals surface area contributed by atoms with E-state index in [1.54, 1.807) is 0 Å². The SMILES string of the molecule is CCCCCCCCCCCCCCCCCCOON(CCCO)[C@@H](CCCN=C(N)N)C(=O)O. The number of hydroxylamine groups is 2. The van der Waals surface area contributed by atoms with Crippen molar-refractivity contribution in [1.82, 2.24) is 5.06 Å². The highest BCUT2D eigenvalue weighted by atomic mass is 17.3. The van der Waals surface area contributed by atoms with E-state index in [4.69, 9.17) is 26.4 Å². The number of aliphatic hydroxyl groups is 1. The van der Waals surface area contributed by atoms with Gasteiger partial charge in [0.15, 0.2) is 5.96 Å². The molecule has 36 heavy (non-hydrogen) atoms. The highest BCUT2D eigenvalue weighted by Crippen LogP contribution is 2.14. The van der Waals surface area contributed by atoms with Gasteiger partial charge in [-0.2, -0.15) is 0 Å². The number of carboxylic acids is 1. The summed E-state index contributed by atoms with van der Waals surface area (Å²) >= 11 is 0. The number of unbranched alkanes of at least 4 members (excludes halogenated alkanes) is 15. The average molecular weight is 517 g/mol. The van der Waals surface area contributed by atoms with E-state index in [0.717, 1.165) is 12.8 Å². The summed E-state index contributed by atoms with van der Waals surface area (Å²) in [6, 6.07) is -0.892. The van der Waals surface area contributed by atoms with Crippen LogP contribution in [0.2, 0.25) is 0 Å². The predicted molar refractivity (Wildman–Crippen MR) is 146 cm³/mol. The first-order chi connectivity index (χ1) is 17.5. The summed E-state index contributed by atoms with van der Waals surface area (Å²) in [6.45, 7) is 3.23. The van der Waals surface area contributed by atoms with Gasteiger partial charge in [-0.25, -0.2) is 4.89 Å². The highest BCUT2D eigenvalue weighted by Gasteiger charge is 2.26. The van der Waals surface area contributed by atoms with E-state index < -0.39 is 12.0 Å². The van der Waals surface area contributed by atoms with Crippen molar-refractivity contribution in [3.8, 4) is 0 Å². The maximum Gasteiger partial charge on any atom is 0.323 e. The molecule has 0 aromatic heterocycles. The lowest BCUT2D eigenvalue weighted by Crippen LogP contribution is -2.42. The van der Waals surface area contributed by atoms with Crippen LogP contribution in [-0.4, -0.2) is 59.6 Å². The molecule has 0 spiro atoms. The van der Waals surface area contributed by atoms with Crippen molar-refractivity contribution in [2.24, 2.45) is 16.5 Å². The standard InChI is InChI=1S/C27H56N4O5/c1-2-3-4-5-6-7-8-9-10-11-12-13-14-15-16-17-24-35-36-31(22-19-23-32)25(26(33)34)20-18-21-30-27(28)29/h25,32H,2-24H2,1H3,(H,33,34)(H4,28,29,30)/t25-/m0/s1. The normalized spacial score (nSPS) is 12.2. The molecule has 1 atom stereocenters. The molecule has 6 N–H and O–H groups in total. The maximum absolute atomic E-state index is 11.7. The largest absolute Gasteiger partial charge is 0.480 e. The molecule has 0 aromatic rings. The minimum Gasteiger partial charge on any atom is -0.480 e. The van der Waals surface area contributed by atoms with Gasteiger partial charge in [0.2, 0.25) is 0 Å². The number of nitrogens with zero attached hydrogens (tertiary/aromatic N) is 2. The van der Waals surface area contributed by atoms with Crippen LogP contribution >= 0.6 is 0 Å². The summed E-state index contributed by atoms with van der Waals surface area (Å²) < 4.78 is 0. The molecule has 0 radical (unpaired) electrons. The molecular formula is C27H56N4O5. The topological polar surface area (TPSA) is 144 Å². The highest BCUT2D eigenvalue weighted by molar-refractivity contribution is 5.75. The third-order valence-electron chi connectivity index (χ3n) is 6.33. The first kappa shape index (κ1) is 34.6. The molecule has 0 fully saturated rings. The van der Waals surface area contributed by atoms with Gasteiger partial charge in [-0.05, 0) is 25.7 Å². The summed E-state index contributed by atoms with van der Waals surface area (Å²) in [5, 5.41) is 20.0. The van der Waals surface area contributed by atoms with E-state index in [1.165, 1.54) is 95.0 Å². The Morgan fingerprint density at radius 3 is 1.75 bits per heavy atom. The Morgan fingerprint density at radius 1 is 0.806 bits per heavy atom. The fraction of sp³-hybridized carbons (Fsp3) is 0.926. The van der Waals surface area contributed by atoms with Gasteiger partial charge in [-0.15, -0.1) is 10.1 Å². The van der Waals surface area contributed by atoms with Gasteiger partial charge in [0, 0.05) is 19.7 Å². The Labute approximate surface area is 219 Å². The number of carboxylic acid groups (broad SMARTS) is 1. The van der Waals surface area contributed by atoms with E-state index in [-0.39, 0.29) is 19.1 Å². The fourth-order valence-corrected chi connectivity index (χ4v) is 4.17. The van der Waals surface area contributed by atoms with Crippen molar-refractivity contribution in [3.63, 3.8) is 0 Å². The van der Waals surface area contributed by atoms with E-state index in [9.17, 15) is 9.90 Å². The Kier molecular flexibility index (Phi) is 25.6. The average Bonchev–Trinajstić information content (AvgIpc) is 2.85. The van der Waals surface area contributed by atoms with Crippen LogP contribution in [0.5, 0.6) is 0 Å². The van der Waals surface area contributed by atoms with Crippen molar-refractivity contribution in [2.75, 3.05) is 26.3 Å². The molecule has 0 saturated heterocycles. The summed E-state index contributed by atoms with van der Waals surface area (Å²) in [6.07, 6.45) is 22.1. The maximum atomic E-state index is 11.7. The number of hydrogen-bond donors (Lipinski definition) is 4. The zero-order valence-corrected chi connectivity index (χ0v) is 23.0. The molecule has 0 bridgehead atoms. The van der Waals surface area contributed by atoms with Gasteiger partial charge in [0.25, 0.3) is 0 Å². The van der Waals surface area contributed by atoms with Crippen LogP contribution in [0.25, 0.3) is 0 Å². The molecule has 0 aliphatic rings. The van der Waals surface area contributed by atoms with Gasteiger partial charge >= 0.3 is 5.97 Å². The molecule has 0 aromatic carbocycles. The van der Waals surface area contributed by atoms with Crippen LogP contribution in [-0.2, 0) is 14.7 Å². The molecule has 9 heteroatoms. The molecule has 0 unspecified atom stereocenters. The van der Waals surface area contributed by atoms with E-state index in [1.807, 2.05) is 0 Å². The lowest BCUT2D eigenvalue weighted by molar-refractivity contribution is -0.435. The van der Waals surface area contributed by atoms with Crippen molar-refractivity contribution >= 4 is 11.9 Å². The smallest absolute Gasteiger partial charge is 0.323 e. The summed E-state index contributed by atoms with van der Waals surface area (Å²) in [5.74, 6) is -1.03. The Hall–Kier alpha value is -1.42. The van der Waals surface area contributed by atoms with Crippen LogP contribution < -0.4 is 11.5 Å². The second kappa shape index (κ2) is 26.6. The summed E-state index contributed by atoms with van der Waals surface area (Å²) in [7, 11) is 0. The number of rotatable bonds is 28. The van der Waals surface area contributed by atoms with Gasteiger partial charge in [0.1, 0.15) is 6.04 Å². The summed E-state index contributed by atoms with van der Waals surface area (Å²) in [5.41, 5.74) is 10.6. The number of carbonyl (C=O) groups is 1. The molecule has 214 valence electrons. The Bertz CT molecular complexity index is 518. The van der Waals surface area contributed by atoms with Crippen LogP contribution in [0.15, 0.2) is 4.99 Å².